The molecule has 0 aliphatic heterocycles. The van der Waals surface area contributed by atoms with Gasteiger partial charge in [-0.15, -0.1) is 0 Å². The van der Waals surface area contributed by atoms with Crippen LogP contribution in [0.15, 0.2) is 0 Å². The molecule has 0 aliphatic carbocycles. The lowest BCUT2D eigenvalue weighted by Gasteiger charge is -2.46. The SMILES string of the molecule is CCCCCOC(OOCCC(C)C)(OC(C)(C)C)C(C)(C)COCC(C)C. The minimum Gasteiger partial charge on any atom is -0.380 e. The molecule has 0 amide bonds. The molecule has 0 aromatic rings. The maximum Gasteiger partial charge on any atom is 0.320 e. The minimum absolute atomic E-state index is 0.447. The van der Waals surface area contributed by atoms with Gasteiger partial charge in [-0.1, -0.05) is 47.5 Å². The molecule has 170 valence electrons. The van der Waals surface area contributed by atoms with E-state index in [9.17, 15) is 0 Å². The highest BCUT2D eigenvalue weighted by Crippen LogP contribution is 2.40. The summed E-state index contributed by atoms with van der Waals surface area (Å²) in [5.41, 5.74) is -1.04. The zero-order valence-corrected chi connectivity index (χ0v) is 20.4. The molecule has 0 aromatic carbocycles. The lowest BCUT2D eigenvalue weighted by atomic mass is 9.90. The standard InChI is InChI=1S/C23H48O5/c1-11-12-13-15-25-23(27-21(6,7)8,28-26-16-14-19(2)3)22(9,10)18-24-17-20(4)5/h19-20H,11-18H2,1-10H3. The van der Waals surface area contributed by atoms with Gasteiger partial charge >= 0.3 is 5.97 Å². The van der Waals surface area contributed by atoms with Crippen molar-refractivity contribution in [3.63, 3.8) is 0 Å². The number of rotatable bonds is 16. The van der Waals surface area contributed by atoms with Crippen LogP contribution < -0.4 is 0 Å². The Balaban J connectivity index is 5.44. The fraction of sp³-hybridized carbons (Fsp3) is 1.00. The van der Waals surface area contributed by atoms with Gasteiger partial charge in [0.1, 0.15) is 0 Å². The zero-order chi connectivity index (χ0) is 21.8. The first-order valence-corrected chi connectivity index (χ1v) is 11.1. The Morgan fingerprint density at radius 1 is 0.821 bits per heavy atom. The number of hydrogen-bond acceptors (Lipinski definition) is 5. The van der Waals surface area contributed by atoms with Crippen molar-refractivity contribution in [3.8, 4) is 0 Å². The van der Waals surface area contributed by atoms with E-state index in [4.69, 9.17) is 24.0 Å². The quantitative estimate of drug-likeness (QED) is 0.130. The Kier molecular flexibility index (Phi) is 13.1. The van der Waals surface area contributed by atoms with Crippen LogP contribution in [0.3, 0.4) is 0 Å². The normalized spacial score (nSPS) is 15.4. The molecule has 1 atom stereocenters. The molecule has 28 heavy (non-hydrogen) atoms. The molecular weight excluding hydrogens is 356 g/mol. The van der Waals surface area contributed by atoms with Crippen molar-refractivity contribution < 1.29 is 24.0 Å². The summed E-state index contributed by atoms with van der Waals surface area (Å²) in [6.45, 7) is 23.0. The van der Waals surface area contributed by atoms with E-state index in [0.717, 1.165) is 25.7 Å². The Hall–Kier alpha value is -0.200. The van der Waals surface area contributed by atoms with Gasteiger partial charge in [0.2, 0.25) is 0 Å². The maximum absolute atomic E-state index is 6.39. The third-order valence-corrected chi connectivity index (χ3v) is 4.17. The van der Waals surface area contributed by atoms with Gasteiger partial charge in [0.25, 0.3) is 0 Å². The first-order chi connectivity index (χ1) is 12.9. The lowest BCUT2D eigenvalue weighted by molar-refractivity contribution is -0.549. The van der Waals surface area contributed by atoms with Crippen molar-refractivity contribution in [1.29, 1.82) is 0 Å². The zero-order valence-electron chi connectivity index (χ0n) is 20.4. The Labute approximate surface area is 174 Å². The summed E-state index contributed by atoms with van der Waals surface area (Å²) in [4.78, 5) is 11.6. The van der Waals surface area contributed by atoms with Crippen molar-refractivity contribution in [2.75, 3.05) is 26.4 Å². The highest BCUT2D eigenvalue weighted by Gasteiger charge is 2.53. The fourth-order valence-corrected chi connectivity index (χ4v) is 2.52. The van der Waals surface area contributed by atoms with E-state index < -0.39 is 17.0 Å². The van der Waals surface area contributed by atoms with E-state index in [1.54, 1.807) is 0 Å². The van der Waals surface area contributed by atoms with E-state index in [0.29, 0.717) is 38.3 Å². The predicted octanol–water partition coefficient (Wildman–Crippen LogP) is 6.36. The molecule has 0 heterocycles. The molecule has 0 aliphatic rings. The molecule has 0 saturated heterocycles. The van der Waals surface area contributed by atoms with Gasteiger partial charge in [-0.3, -0.25) is 0 Å². The van der Waals surface area contributed by atoms with Crippen LogP contribution >= 0.6 is 0 Å². The summed E-state index contributed by atoms with van der Waals surface area (Å²) in [6.07, 6.45) is 4.09. The second kappa shape index (κ2) is 13.2. The smallest absolute Gasteiger partial charge is 0.320 e. The highest BCUT2D eigenvalue weighted by molar-refractivity contribution is 4.83. The predicted molar refractivity (Wildman–Crippen MR) is 115 cm³/mol. The number of hydrogen-bond donors (Lipinski definition) is 0. The van der Waals surface area contributed by atoms with Gasteiger partial charge in [-0.25, -0.2) is 4.89 Å². The first kappa shape index (κ1) is 27.8. The van der Waals surface area contributed by atoms with Gasteiger partial charge in [-0.05, 0) is 59.3 Å². The molecule has 0 bridgehead atoms. The summed E-state index contributed by atoms with van der Waals surface area (Å²) in [5, 5.41) is 0. The van der Waals surface area contributed by atoms with Crippen LogP contribution in [-0.2, 0) is 24.0 Å². The average Bonchev–Trinajstić information content (AvgIpc) is 2.53. The van der Waals surface area contributed by atoms with E-state index in [1.165, 1.54) is 0 Å². The van der Waals surface area contributed by atoms with Gasteiger partial charge in [0.15, 0.2) is 0 Å². The Morgan fingerprint density at radius 3 is 1.96 bits per heavy atom. The molecule has 5 heteroatoms. The Morgan fingerprint density at radius 2 is 1.46 bits per heavy atom. The maximum atomic E-state index is 6.39. The topological polar surface area (TPSA) is 46.2 Å². The van der Waals surface area contributed by atoms with Gasteiger partial charge in [0.05, 0.1) is 30.8 Å². The summed E-state index contributed by atoms with van der Waals surface area (Å²) < 4.78 is 18.6. The minimum atomic E-state index is -1.34. The molecule has 0 fully saturated rings. The van der Waals surface area contributed by atoms with E-state index in [1.807, 2.05) is 34.6 Å². The third-order valence-electron chi connectivity index (χ3n) is 4.17. The molecule has 0 aromatic heterocycles. The molecule has 1 unspecified atom stereocenters. The molecule has 0 rings (SSSR count). The van der Waals surface area contributed by atoms with Crippen molar-refractivity contribution in [2.45, 2.75) is 106 Å². The van der Waals surface area contributed by atoms with Crippen LogP contribution in [0.1, 0.15) is 94.9 Å². The van der Waals surface area contributed by atoms with Crippen LogP contribution in [-0.4, -0.2) is 38.0 Å². The highest BCUT2D eigenvalue weighted by atomic mass is 17.3. The molecule has 0 saturated carbocycles. The van der Waals surface area contributed by atoms with Crippen LogP contribution in [0.2, 0.25) is 0 Å². The second-order valence-corrected chi connectivity index (χ2v) is 10.2. The van der Waals surface area contributed by atoms with Gasteiger partial charge < -0.3 is 14.2 Å². The summed E-state index contributed by atoms with van der Waals surface area (Å²) in [7, 11) is 0. The molecule has 0 N–H and O–H groups in total. The van der Waals surface area contributed by atoms with E-state index >= 15 is 0 Å². The number of unbranched alkanes of at least 4 members (excludes halogenated alkanes) is 2. The first-order valence-electron chi connectivity index (χ1n) is 11.1. The van der Waals surface area contributed by atoms with Crippen molar-refractivity contribution in [2.24, 2.45) is 17.3 Å². The van der Waals surface area contributed by atoms with Crippen molar-refractivity contribution in [1.82, 2.24) is 0 Å². The second-order valence-electron chi connectivity index (χ2n) is 10.2. The fourth-order valence-electron chi connectivity index (χ4n) is 2.52. The molecule has 0 radical (unpaired) electrons. The average molecular weight is 405 g/mol. The third kappa shape index (κ3) is 11.7. The largest absolute Gasteiger partial charge is 0.380 e. The lowest BCUT2D eigenvalue weighted by Crippen LogP contribution is -2.57. The van der Waals surface area contributed by atoms with Crippen LogP contribution in [0.4, 0.5) is 0 Å². The van der Waals surface area contributed by atoms with Crippen LogP contribution in [0, 0.1) is 17.3 Å². The van der Waals surface area contributed by atoms with Crippen LogP contribution in [0.5, 0.6) is 0 Å². The van der Waals surface area contributed by atoms with Crippen LogP contribution in [0.25, 0.3) is 0 Å². The molecular formula is C23H48O5. The van der Waals surface area contributed by atoms with Gasteiger partial charge in [-0.2, -0.15) is 4.89 Å². The monoisotopic (exact) mass is 404 g/mol. The summed E-state index contributed by atoms with van der Waals surface area (Å²) in [6, 6.07) is 0. The van der Waals surface area contributed by atoms with Crippen molar-refractivity contribution in [3.05, 3.63) is 0 Å². The van der Waals surface area contributed by atoms with Gasteiger partial charge in [0, 0.05) is 6.61 Å². The van der Waals surface area contributed by atoms with Crippen molar-refractivity contribution >= 4 is 0 Å². The van der Waals surface area contributed by atoms with E-state index in [-0.39, 0.29) is 0 Å². The summed E-state index contributed by atoms with van der Waals surface area (Å²) >= 11 is 0. The number of ether oxygens (including phenoxy) is 3. The molecule has 5 nitrogen and oxygen atoms in total. The Bertz CT molecular complexity index is 387. The molecule has 0 spiro atoms. The summed E-state index contributed by atoms with van der Waals surface area (Å²) in [5.74, 6) is -0.343. The van der Waals surface area contributed by atoms with E-state index in [2.05, 4.69) is 34.6 Å².